The molecule has 1 aromatic heterocycles. The van der Waals surface area contributed by atoms with Gasteiger partial charge in [-0.1, -0.05) is 12.1 Å². The van der Waals surface area contributed by atoms with Crippen molar-refractivity contribution in [3.8, 4) is 5.75 Å². The first-order valence-corrected chi connectivity index (χ1v) is 7.44. The van der Waals surface area contributed by atoms with Crippen LogP contribution in [-0.4, -0.2) is 46.2 Å². The third-order valence-corrected chi connectivity index (χ3v) is 3.72. The largest absolute Gasteiger partial charge is 0.508 e. The summed E-state index contributed by atoms with van der Waals surface area (Å²) >= 11 is 0. The highest BCUT2D eigenvalue weighted by Gasteiger charge is 2.34. The van der Waals surface area contributed by atoms with Crippen LogP contribution < -0.4 is 5.32 Å². The molecule has 2 N–H and O–H groups in total. The lowest BCUT2D eigenvalue weighted by atomic mass is 9.95. The predicted octanol–water partition coefficient (Wildman–Crippen LogP) is 1.46. The SMILES string of the molecule is COCCOC(=O)C1=C(C)Nc2ncnn2[C@H]1c1cccc(O)c1. The van der Waals surface area contributed by atoms with Gasteiger partial charge in [-0.05, 0) is 24.6 Å². The number of nitrogens with one attached hydrogen (secondary N) is 1. The molecule has 0 saturated heterocycles. The Labute approximate surface area is 138 Å². The second-order valence-electron chi connectivity index (χ2n) is 5.32. The molecule has 0 aliphatic carbocycles. The van der Waals surface area contributed by atoms with Crippen molar-refractivity contribution in [1.29, 1.82) is 0 Å². The van der Waals surface area contributed by atoms with Gasteiger partial charge in [0.1, 0.15) is 24.7 Å². The highest BCUT2D eigenvalue weighted by atomic mass is 16.6. The Hall–Kier alpha value is -2.87. The molecule has 126 valence electrons. The van der Waals surface area contributed by atoms with Crippen LogP contribution in [0.15, 0.2) is 41.9 Å². The van der Waals surface area contributed by atoms with Gasteiger partial charge in [0.25, 0.3) is 0 Å². The Morgan fingerprint density at radius 1 is 1.42 bits per heavy atom. The van der Waals surface area contributed by atoms with E-state index in [4.69, 9.17) is 9.47 Å². The number of rotatable bonds is 5. The van der Waals surface area contributed by atoms with E-state index in [1.54, 1.807) is 29.8 Å². The van der Waals surface area contributed by atoms with Crippen molar-refractivity contribution < 1.29 is 19.4 Å². The van der Waals surface area contributed by atoms with Crippen molar-refractivity contribution in [1.82, 2.24) is 14.8 Å². The molecule has 8 nitrogen and oxygen atoms in total. The van der Waals surface area contributed by atoms with Crippen LogP contribution in [0, 0.1) is 0 Å². The fourth-order valence-electron chi connectivity index (χ4n) is 2.65. The number of carbonyl (C=O) groups excluding carboxylic acids is 1. The van der Waals surface area contributed by atoms with Gasteiger partial charge < -0.3 is 19.9 Å². The number of hydrogen-bond donors (Lipinski definition) is 2. The number of fused-ring (bicyclic) bond motifs is 1. The molecule has 0 radical (unpaired) electrons. The number of aromatic hydroxyl groups is 1. The number of nitrogens with zero attached hydrogens (tertiary/aromatic N) is 3. The Kier molecular flexibility index (Phi) is 4.48. The number of allylic oxidation sites excluding steroid dienone is 1. The standard InChI is InChI=1S/C16H18N4O4/c1-10-13(15(22)24-7-6-23-2)14(11-4-3-5-12(21)8-11)20-16(19-10)17-9-18-20/h3-5,8-9,14,21H,6-7H2,1-2H3,(H,17,18,19)/t14-/m0/s1. The molecular weight excluding hydrogens is 312 g/mol. The molecule has 24 heavy (non-hydrogen) atoms. The maximum atomic E-state index is 12.6. The van der Waals surface area contributed by atoms with E-state index in [9.17, 15) is 9.90 Å². The summed E-state index contributed by atoms with van der Waals surface area (Å²) < 4.78 is 11.8. The minimum atomic E-state index is -0.536. The van der Waals surface area contributed by atoms with Crippen LogP contribution >= 0.6 is 0 Å². The number of carbonyl (C=O) groups is 1. The van der Waals surface area contributed by atoms with E-state index in [1.807, 2.05) is 6.07 Å². The Balaban J connectivity index is 2.02. The van der Waals surface area contributed by atoms with Gasteiger partial charge in [0.05, 0.1) is 12.2 Å². The fourth-order valence-corrected chi connectivity index (χ4v) is 2.65. The van der Waals surface area contributed by atoms with Crippen LogP contribution in [0.2, 0.25) is 0 Å². The van der Waals surface area contributed by atoms with E-state index in [0.717, 1.165) is 0 Å². The average Bonchev–Trinajstić information content (AvgIpc) is 3.01. The van der Waals surface area contributed by atoms with E-state index < -0.39 is 12.0 Å². The van der Waals surface area contributed by atoms with Crippen LogP contribution in [0.5, 0.6) is 5.75 Å². The Bertz CT molecular complexity index is 784. The normalized spacial score (nSPS) is 16.5. The van der Waals surface area contributed by atoms with E-state index in [0.29, 0.717) is 29.4 Å². The second kappa shape index (κ2) is 6.71. The monoisotopic (exact) mass is 330 g/mol. The molecule has 0 bridgehead atoms. The molecular formula is C16H18N4O4. The number of aromatic nitrogens is 3. The fraction of sp³-hybridized carbons (Fsp3) is 0.312. The number of anilines is 1. The number of benzene rings is 1. The summed E-state index contributed by atoms with van der Waals surface area (Å²) in [5.41, 5.74) is 1.75. The van der Waals surface area contributed by atoms with Crippen LogP contribution in [0.1, 0.15) is 18.5 Å². The molecule has 0 amide bonds. The lowest BCUT2D eigenvalue weighted by Crippen LogP contribution is -2.30. The molecule has 2 heterocycles. The molecule has 2 aromatic rings. The van der Waals surface area contributed by atoms with Crippen molar-refractivity contribution in [2.75, 3.05) is 25.6 Å². The molecule has 1 atom stereocenters. The third kappa shape index (κ3) is 2.95. The number of phenolic OH excluding ortho intramolecular Hbond substituents is 1. The van der Waals surface area contributed by atoms with Crippen molar-refractivity contribution in [2.45, 2.75) is 13.0 Å². The number of methoxy groups -OCH3 is 1. The van der Waals surface area contributed by atoms with E-state index in [2.05, 4.69) is 15.4 Å². The first-order valence-electron chi connectivity index (χ1n) is 7.44. The first kappa shape index (κ1) is 16.0. The van der Waals surface area contributed by atoms with Gasteiger partial charge in [0.15, 0.2) is 0 Å². The lowest BCUT2D eigenvalue weighted by molar-refractivity contribution is -0.140. The maximum Gasteiger partial charge on any atom is 0.338 e. The molecule has 0 saturated carbocycles. The van der Waals surface area contributed by atoms with Crippen molar-refractivity contribution >= 4 is 11.9 Å². The van der Waals surface area contributed by atoms with Crippen LogP contribution in [0.4, 0.5) is 5.95 Å². The quantitative estimate of drug-likeness (QED) is 0.632. The third-order valence-electron chi connectivity index (χ3n) is 3.72. The number of esters is 1. The summed E-state index contributed by atoms with van der Waals surface area (Å²) in [7, 11) is 1.54. The molecule has 0 spiro atoms. The van der Waals surface area contributed by atoms with Gasteiger partial charge in [-0.15, -0.1) is 0 Å². The highest BCUT2D eigenvalue weighted by Crippen LogP contribution is 2.35. The summed E-state index contributed by atoms with van der Waals surface area (Å²) in [4.78, 5) is 16.7. The molecule has 1 aromatic carbocycles. The average molecular weight is 330 g/mol. The van der Waals surface area contributed by atoms with Crippen molar-refractivity contribution in [3.63, 3.8) is 0 Å². The van der Waals surface area contributed by atoms with Crippen LogP contribution in [0.3, 0.4) is 0 Å². The summed E-state index contributed by atoms with van der Waals surface area (Å²) in [5.74, 6) is 0.165. The minimum Gasteiger partial charge on any atom is -0.508 e. The predicted molar refractivity (Wildman–Crippen MR) is 85.4 cm³/mol. The first-order chi connectivity index (χ1) is 11.6. The number of phenols is 1. The van der Waals surface area contributed by atoms with Crippen molar-refractivity contribution in [2.24, 2.45) is 0 Å². The van der Waals surface area contributed by atoms with Gasteiger partial charge in [0, 0.05) is 12.8 Å². The molecule has 0 unspecified atom stereocenters. The van der Waals surface area contributed by atoms with Crippen molar-refractivity contribution in [3.05, 3.63) is 47.4 Å². The summed E-state index contributed by atoms with van der Waals surface area (Å²) in [6.07, 6.45) is 1.41. The van der Waals surface area contributed by atoms with Gasteiger partial charge in [0.2, 0.25) is 5.95 Å². The molecule has 0 fully saturated rings. The smallest absolute Gasteiger partial charge is 0.338 e. The summed E-state index contributed by atoms with van der Waals surface area (Å²) in [6, 6.07) is 6.16. The van der Waals surface area contributed by atoms with Gasteiger partial charge in [-0.2, -0.15) is 10.1 Å². The second-order valence-corrected chi connectivity index (χ2v) is 5.32. The summed E-state index contributed by atoms with van der Waals surface area (Å²) in [6.45, 7) is 2.25. The minimum absolute atomic E-state index is 0.109. The lowest BCUT2D eigenvalue weighted by Gasteiger charge is -2.28. The van der Waals surface area contributed by atoms with Crippen LogP contribution in [-0.2, 0) is 14.3 Å². The zero-order valence-corrected chi connectivity index (χ0v) is 13.4. The summed E-state index contributed by atoms with van der Waals surface area (Å²) in [5, 5.41) is 17.0. The number of hydrogen-bond acceptors (Lipinski definition) is 7. The Morgan fingerprint density at radius 2 is 2.25 bits per heavy atom. The van der Waals surface area contributed by atoms with E-state index >= 15 is 0 Å². The van der Waals surface area contributed by atoms with Crippen LogP contribution in [0.25, 0.3) is 0 Å². The molecule has 1 aliphatic rings. The van der Waals surface area contributed by atoms with Gasteiger partial charge in [-0.3, -0.25) is 0 Å². The Morgan fingerprint density at radius 3 is 3.00 bits per heavy atom. The molecule has 8 heteroatoms. The topological polar surface area (TPSA) is 98.5 Å². The van der Waals surface area contributed by atoms with Gasteiger partial charge >= 0.3 is 5.97 Å². The zero-order valence-electron chi connectivity index (χ0n) is 13.4. The van der Waals surface area contributed by atoms with E-state index in [1.165, 1.54) is 13.4 Å². The number of ether oxygens (including phenoxy) is 2. The zero-order chi connectivity index (χ0) is 17.1. The maximum absolute atomic E-state index is 12.6. The molecule has 1 aliphatic heterocycles. The highest BCUT2D eigenvalue weighted by molar-refractivity contribution is 5.92. The van der Waals surface area contributed by atoms with Gasteiger partial charge in [-0.25, -0.2) is 9.48 Å². The molecule has 3 rings (SSSR count). The van der Waals surface area contributed by atoms with E-state index in [-0.39, 0.29) is 12.4 Å².